The lowest BCUT2D eigenvalue weighted by Crippen LogP contribution is -2.35. The fourth-order valence-corrected chi connectivity index (χ4v) is 1.49. The molecule has 0 aromatic carbocycles. The van der Waals surface area contributed by atoms with E-state index in [1.807, 2.05) is 7.05 Å². The quantitative estimate of drug-likeness (QED) is 0.396. The number of rotatable bonds is 8. The summed E-state index contributed by atoms with van der Waals surface area (Å²) in [6.45, 7) is 7.67. The number of hydrogen-bond donors (Lipinski definition) is 1. The zero-order valence-corrected chi connectivity index (χ0v) is 11.4. The Kier molecular flexibility index (Phi) is 8.32. The van der Waals surface area contributed by atoms with E-state index in [9.17, 15) is 9.59 Å². The zero-order chi connectivity index (χ0) is 13.3. The van der Waals surface area contributed by atoms with Crippen molar-refractivity contribution < 1.29 is 9.59 Å². The van der Waals surface area contributed by atoms with Gasteiger partial charge in [-0.2, -0.15) is 0 Å². The van der Waals surface area contributed by atoms with Gasteiger partial charge in [0.2, 0.25) is 0 Å². The highest BCUT2D eigenvalue weighted by Crippen LogP contribution is 1.96. The molecule has 0 bridgehead atoms. The van der Waals surface area contributed by atoms with E-state index < -0.39 is 0 Å². The molecule has 0 aromatic rings. The summed E-state index contributed by atoms with van der Waals surface area (Å²) < 4.78 is 0. The third-order valence-electron chi connectivity index (χ3n) is 2.59. The molecule has 0 aliphatic heterocycles. The van der Waals surface area contributed by atoms with Crippen LogP contribution in [0.1, 0.15) is 33.6 Å². The number of hydrogen-bond acceptors (Lipinski definition) is 3. The van der Waals surface area contributed by atoms with Crippen LogP contribution in [0.25, 0.3) is 0 Å². The molecule has 0 aliphatic rings. The maximum Gasteiger partial charge on any atom is 0.254 e. The Labute approximate surface area is 104 Å². The van der Waals surface area contributed by atoms with Gasteiger partial charge in [-0.05, 0) is 33.9 Å². The molecule has 98 valence electrons. The Bertz CT molecular complexity index is 285. The van der Waals surface area contributed by atoms with Crippen molar-refractivity contribution in [3.05, 3.63) is 11.6 Å². The normalized spacial score (nSPS) is 11.7. The lowest BCUT2D eigenvalue weighted by Gasteiger charge is -2.16. The minimum atomic E-state index is -0.274. The van der Waals surface area contributed by atoms with Crippen molar-refractivity contribution in [1.29, 1.82) is 0 Å². The monoisotopic (exact) mass is 240 g/mol. The van der Waals surface area contributed by atoms with Gasteiger partial charge in [-0.3, -0.25) is 9.59 Å². The molecule has 1 N–H and O–H groups in total. The van der Waals surface area contributed by atoms with Crippen LogP contribution in [0, 0.1) is 0 Å². The van der Waals surface area contributed by atoms with E-state index in [2.05, 4.69) is 17.1 Å². The van der Waals surface area contributed by atoms with Crippen molar-refractivity contribution in [2.75, 3.05) is 26.7 Å². The average molecular weight is 240 g/mol. The Morgan fingerprint density at radius 2 is 1.94 bits per heavy atom. The molecule has 4 heteroatoms. The third-order valence-corrected chi connectivity index (χ3v) is 2.59. The fourth-order valence-electron chi connectivity index (χ4n) is 1.49. The van der Waals surface area contributed by atoms with Crippen molar-refractivity contribution >= 4 is 11.7 Å². The molecule has 17 heavy (non-hydrogen) atoms. The predicted molar refractivity (Wildman–Crippen MR) is 69.9 cm³/mol. The summed E-state index contributed by atoms with van der Waals surface area (Å²) in [6.07, 6.45) is 3.89. The summed E-state index contributed by atoms with van der Waals surface area (Å²) in [7, 11) is 2.03. The molecule has 0 aromatic heterocycles. The lowest BCUT2D eigenvalue weighted by molar-refractivity contribution is -0.121. The SMILES string of the molecule is C/C=C(\C(C)=O)C(=O)NCCN(C)CCCC. The molecule has 0 saturated carbocycles. The third kappa shape index (κ3) is 6.89. The molecule has 0 atom stereocenters. The molecule has 0 fully saturated rings. The van der Waals surface area contributed by atoms with Crippen LogP contribution in [-0.4, -0.2) is 43.3 Å². The van der Waals surface area contributed by atoms with E-state index in [1.54, 1.807) is 13.0 Å². The first kappa shape index (κ1) is 15.8. The van der Waals surface area contributed by atoms with E-state index in [4.69, 9.17) is 0 Å². The number of carbonyl (C=O) groups excluding carboxylic acids is 2. The zero-order valence-electron chi connectivity index (χ0n) is 11.4. The summed E-state index contributed by atoms with van der Waals surface area (Å²) in [5.74, 6) is -0.465. The smallest absolute Gasteiger partial charge is 0.254 e. The van der Waals surface area contributed by atoms with E-state index in [0.717, 1.165) is 19.5 Å². The van der Waals surface area contributed by atoms with Crippen LogP contribution in [0.4, 0.5) is 0 Å². The second-order valence-electron chi connectivity index (χ2n) is 4.17. The molecule has 0 rings (SSSR count). The van der Waals surface area contributed by atoms with Crippen LogP contribution in [0.3, 0.4) is 0 Å². The van der Waals surface area contributed by atoms with Gasteiger partial charge in [0.15, 0.2) is 5.78 Å². The van der Waals surface area contributed by atoms with Gasteiger partial charge < -0.3 is 10.2 Å². The van der Waals surface area contributed by atoms with Crippen molar-refractivity contribution in [3.8, 4) is 0 Å². The standard InChI is InChI=1S/C13H24N2O2/c1-5-7-9-15(4)10-8-14-13(17)12(6-2)11(3)16/h6H,5,7-10H2,1-4H3,(H,14,17)/b12-6+. The molecule has 0 unspecified atom stereocenters. The topological polar surface area (TPSA) is 49.4 Å². The summed E-state index contributed by atoms with van der Waals surface area (Å²) in [5, 5.41) is 2.75. The average Bonchev–Trinajstić information content (AvgIpc) is 2.26. The molecule has 1 amide bonds. The van der Waals surface area contributed by atoms with Gasteiger partial charge in [-0.1, -0.05) is 19.4 Å². The minimum absolute atomic E-state index is 0.190. The van der Waals surface area contributed by atoms with Crippen LogP contribution in [0.15, 0.2) is 11.6 Å². The van der Waals surface area contributed by atoms with Gasteiger partial charge in [0.25, 0.3) is 5.91 Å². The van der Waals surface area contributed by atoms with Crippen molar-refractivity contribution in [2.45, 2.75) is 33.6 Å². The summed E-state index contributed by atoms with van der Waals surface area (Å²) in [4.78, 5) is 24.9. The van der Waals surface area contributed by atoms with Crippen molar-refractivity contribution in [1.82, 2.24) is 10.2 Å². The molecule has 0 saturated heterocycles. The van der Waals surface area contributed by atoms with Crippen LogP contribution < -0.4 is 5.32 Å². The molecular weight excluding hydrogens is 216 g/mol. The van der Waals surface area contributed by atoms with E-state index >= 15 is 0 Å². The molecular formula is C13H24N2O2. The largest absolute Gasteiger partial charge is 0.351 e. The second kappa shape index (κ2) is 8.93. The number of unbranched alkanes of at least 4 members (excludes halogenated alkanes) is 1. The number of ketones is 1. The van der Waals surface area contributed by atoms with Crippen LogP contribution in [0.2, 0.25) is 0 Å². The number of amides is 1. The highest BCUT2D eigenvalue weighted by Gasteiger charge is 2.12. The summed E-state index contributed by atoms with van der Waals surface area (Å²) in [5.41, 5.74) is 0.237. The number of carbonyl (C=O) groups is 2. The Morgan fingerprint density at radius 1 is 1.29 bits per heavy atom. The van der Waals surface area contributed by atoms with Crippen LogP contribution in [0.5, 0.6) is 0 Å². The fraction of sp³-hybridized carbons (Fsp3) is 0.692. The van der Waals surface area contributed by atoms with Crippen LogP contribution in [-0.2, 0) is 9.59 Å². The summed E-state index contributed by atoms with van der Waals surface area (Å²) in [6, 6.07) is 0. The van der Waals surface area contributed by atoms with Gasteiger partial charge in [-0.15, -0.1) is 0 Å². The number of likely N-dealkylation sites (N-methyl/N-ethyl adjacent to an activating group) is 1. The van der Waals surface area contributed by atoms with Gasteiger partial charge in [0.05, 0.1) is 5.57 Å². The first-order valence-corrected chi connectivity index (χ1v) is 6.16. The summed E-state index contributed by atoms with van der Waals surface area (Å²) >= 11 is 0. The van der Waals surface area contributed by atoms with Gasteiger partial charge in [-0.25, -0.2) is 0 Å². The highest BCUT2D eigenvalue weighted by atomic mass is 16.2. The molecule has 0 spiro atoms. The van der Waals surface area contributed by atoms with Crippen molar-refractivity contribution in [2.24, 2.45) is 0 Å². The first-order chi connectivity index (χ1) is 8.02. The second-order valence-corrected chi connectivity index (χ2v) is 4.17. The first-order valence-electron chi connectivity index (χ1n) is 6.16. The number of Topliss-reactive ketones (excluding diaryl/α,β-unsaturated/α-hetero) is 1. The molecule has 4 nitrogen and oxygen atoms in total. The van der Waals surface area contributed by atoms with Crippen molar-refractivity contribution in [3.63, 3.8) is 0 Å². The number of nitrogens with one attached hydrogen (secondary N) is 1. The van der Waals surface area contributed by atoms with E-state index in [-0.39, 0.29) is 17.3 Å². The Morgan fingerprint density at radius 3 is 2.41 bits per heavy atom. The highest BCUT2D eigenvalue weighted by molar-refractivity contribution is 6.18. The minimum Gasteiger partial charge on any atom is -0.351 e. The van der Waals surface area contributed by atoms with E-state index in [1.165, 1.54) is 13.3 Å². The van der Waals surface area contributed by atoms with Gasteiger partial charge >= 0.3 is 0 Å². The van der Waals surface area contributed by atoms with Crippen LogP contribution >= 0.6 is 0 Å². The predicted octanol–water partition coefficient (Wildman–Crippen LogP) is 1.37. The van der Waals surface area contributed by atoms with E-state index in [0.29, 0.717) is 6.54 Å². The van der Waals surface area contributed by atoms with Gasteiger partial charge in [0.1, 0.15) is 0 Å². The maximum absolute atomic E-state index is 11.6. The Hall–Kier alpha value is -1.16. The maximum atomic E-state index is 11.6. The molecule has 0 radical (unpaired) electrons. The number of allylic oxidation sites excluding steroid dienone is 1. The molecule has 0 heterocycles. The number of nitrogens with zero attached hydrogens (tertiary/aromatic N) is 1. The lowest BCUT2D eigenvalue weighted by atomic mass is 10.1. The Balaban J connectivity index is 3.89. The van der Waals surface area contributed by atoms with Gasteiger partial charge in [0, 0.05) is 13.1 Å². The molecule has 0 aliphatic carbocycles.